The van der Waals surface area contributed by atoms with E-state index in [0.717, 1.165) is 35.5 Å². The fourth-order valence-corrected chi connectivity index (χ4v) is 5.05. The third-order valence-corrected chi connectivity index (χ3v) is 7.13. The van der Waals surface area contributed by atoms with Gasteiger partial charge in [0.15, 0.2) is 0 Å². The van der Waals surface area contributed by atoms with E-state index < -0.39 is 0 Å². The lowest BCUT2D eigenvalue weighted by Crippen LogP contribution is -2.36. The molecule has 2 N–H and O–H groups in total. The van der Waals surface area contributed by atoms with Gasteiger partial charge in [-0.2, -0.15) is 0 Å². The lowest BCUT2D eigenvalue weighted by molar-refractivity contribution is -0.129. The van der Waals surface area contributed by atoms with E-state index >= 15 is 0 Å². The Morgan fingerprint density at radius 2 is 1.76 bits per heavy atom. The molecule has 0 aromatic heterocycles. The van der Waals surface area contributed by atoms with Gasteiger partial charge < -0.3 is 20.1 Å². The summed E-state index contributed by atoms with van der Waals surface area (Å²) in [6.07, 6.45) is 5.33. The van der Waals surface area contributed by atoms with E-state index in [2.05, 4.69) is 47.4 Å². The molecule has 34 heavy (non-hydrogen) atoms. The number of ether oxygens (including phenoxy) is 2. The second kappa shape index (κ2) is 9.90. The molecule has 1 aliphatic heterocycles. The van der Waals surface area contributed by atoms with Gasteiger partial charge in [0.05, 0.1) is 0 Å². The molecule has 1 saturated heterocycles. The lowest BCUT2D eigenvalue weighted by atomic mass is 9.93. The van der Waals surface area contributed by atoms with Gasteiger partial charge in [-0.25, -0.2) is 0 Å². The zero-order valence-electron chi connectivity index (χ0n) is 19.5. The van der Waals surface area contributed by atoms with Crippen LogP contribution >= 0.6 is 0 Å². The number of rotatable bonds is 9. The van der Waals surface area contributed by atoms with Crippen LogP contribution < -0.4 is 15.4 Å². The van der Waals surface area contributed by atoms with Gasteiger partial charge in [0.1, 0.15) is 19.0 Å². The molecule has 3 aromatic carbocycles. The summed E-state index contributed by atoms with van der Waals surface area (Å²) in [5.74, 6) is 0.733. The molecule has 0 amide bonds. The maximum Gasteiger partial charge on any atom is 0.293 e. The Balaban J connectivity index is 1.44. The Bertz CT molecular complexity index is 1160. The second-order valence-electron chi connectivity index (χ2n) is 9.62. The number of nitrogens with two attached hydrogens (primary N) is 1. The maximum atomic E-state index is 10.6. The van der Waals surface area contributed by atoms with E-state index in [1.165, 1.54) is 42.5 Å². The number of hydrogen-bond acceptors (Lipinski definition) is 5. The molecule has 0 unspecified atom stereocenters. The van der Waals surface area contributed by atoms with E-state index in [1.54, 1.807) is 0 Å². The van der Waals surface area contributed by atoms with Gasteiger partial charge in [-0.3, -0.25) is 4.79 Å². The molecule has 2 aliphatic rings. The summed E-state index contributed by atoms with van der Waals surface area (Å²) in [7, 11) is 0. The van der Waals surface area contributed by atoms with E-state index in [-0.39, 0.29) is 6.61 Å². The number of benzene rings is 3. The normalized spacial score (nSPS) is 16.3. The molecule has 0 radical (unpaired) electrons. The van der Waals surface area contributed by atoms with Crippen LogP contribution in [-0.4, -0.2) is 19.6 Å². The zero-order chi connectivity index (χ0) is 23.4. The van der Waals surface area contributed by atoms with Crippen LogP contribution in [0, 0.1) is 5.41 Å². The Morgan fingerprint density at radius 3 is 2.59 bits per heavy atom. The summed E-state index contributed by atoms with van der Waals surface area (Å²) < 4.78 is 11.2. The predicted octanol–water partition coefficient (Wildman–Crippen LogP) is 5.44. The average Bonchev–Trinajstić information content (AvgIpc) is 3.64. The van der Waals surface area contributed by atoms with Gasteiger partial charge in [0.2, 0.25) is 0 Å². The molecular formula is C29H32N2O3. The van der Waals surface area contributed by atoms with Crippen LogP contribution in [0.4, 0.5) is 5.69 Å². The van der Waals surface area contributed by atoms with Crippen molar-refractivity contribution in [2.45, 2.75) is 45.4 Å². The molecular weight excluding hydrogens is 424 g/mol. The van der Waals surface area contributed by atoms with Gasteiger partial charge >= 0.3 is 0 Å². The molecule has 5 rings (SSSR count). The first-order valence-electron chi connectivity index (χ1n) is 12.1. The number of piperidine rings is 1. The van der Waals surface area contributed by atoms with Crippen molar-refractivity contribution in [2.24, 2.45) is 11.1 Å². The third kappa shape index (κ3) is 5.10. The van der Waals surface area contributed by atoms with Gasteiger partial charge in [-0.05, 0) is 83.7 Å². The van der Waals surface area contributed by atoms with Crippen molar-refractivity contribution in [1.82, 2.24) is 0 Å². The molecule has 2 fully saturated rings. The molecule has 176 valence electrons. The number of anilines is 1. The summed E-state index contributed by atoms with van der Waals surface area (Å²) in [5.41, 5.74) is 13.2. The van der Waals surface area contributed by atoms with Crippen LogP contribution in [0.15, 0.2) is 66.7 Å². The van der Waals surface area contributed by atoms with Crippen molar-refractivity contribution < 1.29 is 14.3 Å². The minimum atomic E-state index is 0.201. The number of nitrogens with zero attached hydrogens (tertiary/aromatic N) is 1. The molecule has 3 aromatic rings. The van der Waals surface area contributed by atoms with Gasteiger partial charge in [0, 0.05) is 30.9 Å². The van der Waals surface area contributed by atoms with E-state index in [1.807, 2.05) is 24.3 Å². The minimum absolute atomic E-state index is 0.201. The predicted molar refractivity (Wildman–Crippen MR) is 135 cm³/mol. The number of carbonyl (C=O) groups is 1. The smallest absolute Gasteiger partial charge is 0.293 e. The van der Waals surface area contributed by atoms with Crippen LogP contribution in [0.2, 0.25) is 0 Å². The van der Waals surface area contributed by atoms with E-state index in [9.17, 15) is 4.79 Å². The van der Waals surface area contributed by atoms with Crippen molar-refractivity contribution in [3.8, 4) is 16.9 Å². The number of para-hydroxylation sites is 1. The SMILES string of the molecule is NCc1cccc(-c2cc(COc3ccccc3COC=O)cc(N3CCCC4(CC4)C3)c2)c1. The summed E-state index contributed by atoms with van der Waals surface area (Å²) in [5, 5.41) is 0. The largest absolute Gasteiger partial charge is 0.488 e. The zero-order valence-corrected chi connectivity index (χ0v) is 19.5. The molecule has 0 atom stereocenters. The summed E-state index contributed by atoms with van der Waals surface area (Å²) in [6.45, 7) is 3.87. The lowest BCUT2D eigenvalue weighted by Gasteiger charge is -2.35. The fourth-order valence-electron chi connectivity index (χ4n) is 5.05. The maximum absolute atomic E-state index is 10.6. The first-order valence-corrected chi connectivity index (χ1v) is 12.1. The number of hydrogen-bond donors (Lipinski definition) is 1. The average molecular weight is 457 g/mol. The highest BCUT2D eigenvalue weighted by Gasteiger charge is 2.45. The van der Waals surface area contributed by atoms with Crippen molar-refractivity contribution >= 4 is 12.2 Å². The van der Waals surface area contributed by atoms with Crippen LogP contribution in [0.1, 0.15) is 42.4 Å². The second-order valence-corrected chi connectivity index (χ2v) is 9.62. The van der Waals surface area contributed by atoms with Crippen LogP contribution in [-0.2, 0) is 29.3 Å². The minimum Gasteiger partial charge on any atom is -0.488 e. The molecule has 5 heteroatoms. The van der Waals surface area contributed by atoms with E-state index in [0.29, 0.717) is 25.0 Å². The van der Waals surface area contributed by atoms with Crippen molar-refractivity contribution in [3.63, 3.8) is 0 Å². The van der Waals surface area contributed by atoms with Crippen LogP contribution in [0.5, 0.6) is 5.75 Å². The molecule has 0 bridgehead atoms. The highest BCUT2D eigenvalue weighted by atomic mass is 16.5. The Morgan fingerprint density at radius 1 is 0.912 bits per heavy atom. The number of carbonyl (C=O) groups excluding carboxylic acids is 1. The topological polar surface area (TPSA) is 64.8 Å². The molecule has 1 aliphatic carbocycles. The summed E-state index contributed by atoms with van der Waals surface area (Å²) in [4.78, 5) is 13.2. The van der Waals surface area contributed by atoms with E-state index in [4.69, 9.17) is 15.2 Å². The van der Waals surface area contributed by atoms with Crippen LogP contribution in [0.25, 0.3) is 11.1 Å². The third-order valence-electron chi connectivity index (χ3n) is 7.13. The molecule has 1 heterocycles. The summed E-state index contributed by atoms with van der Waals surface area (Å²) >= 11 is 0. The van der Waals surface area contributed by atoms with Crippen LogP contribution in [0.3, 0.4) is 0 Å². The highest BCUT2D eigenvalue weighted by molar-refractivity contribution is 5.70. The summed E-state index contributed by atoms with van der Waals surface area (Å²) in [6, 6.07) is 22.9. The first-order chi connectivity index (χ1) is 16.7. The Kier molecular flexibility index (Phi) is 6.54. The van der Waals surface area contributed by atoms with Crippen molar-refractivity contribution in [1.29, 1.82) is 0 Å². The van der Waals surface area contributed by atoms with Gasteiger partial charge in [-0.15, -0.1) is 0 Å². The quantitative estimate of drug-likeness (QED) is 0.434. The van der Waals surface area contributed by atoms with Crippen molar-refractivity contribution in [2.75, 3.05) is 18.0 Å². The Labute approximate surface area is 201 Å². The van der Waals surface area contributed by atoms with Gasteiger partial charge in [0.25, 0.3) is 6.47 Å². The molecule has 5 nitrogen and oxygen atoms in total. The highest BCUT2D eigenvalue weighted by Crippen LogP contribution is 2.52. The first kappa shape index (κ1) is 22.5. The van der Waals surface area contributed by atoms with Gasteiger partial charge in [-0.1, -0.05) is 36.4 Å². The standard InChI is InChI=1S/C29H32N2O3/c30-17-22-5-3-7-24(13-22)26-14-23(18-34-28-8-2-1-6-25(28)19-33-21-32)15-27(16-26)31-12-4-9-29(20-31)10-11-29/h1-3,5-8,13-16,21H,4,9-12,17-20,30H2. The Hall–Kier alpha value is -3.31. The molecule has 1 spiro atoms. The monoisotopic (exact) mass is 456 g/mol. The fraction of sp³-hybridized carbons (Fsp3) is 0.345. The van der Waals surface area contributed by atoms with Crippen molar-refractivity contribution in [3.05, 3.63) is 83.4 Å². The molecule has 1 saturated carbocycles.